The lowest BCUT2D eigenvalue weighted by Gasteiger charge is -2.09. The van der Waals surface area contributed by atoms with Crippen LogP contribution >= 0.6 is 0 Å². The molecule has 0 heterocycles. The molecule has 0 unspecified atom stereocenters. The van der Waals surface area contributed by atoms with Crippen molar-refractivity contribution < 1.29 is 9.53 Å². The maximum Gasteiger partial charge on any atom is 0.330 e. The fourth-order valence-electron chi connectivity index (χ4n) is 1.94. The van der Waals surface area contributed by atoms with E-state index in [2.05, 4.69) is 26.8 Å². The van der Waals surface area contributed by atoms with Gasteiger partial charge in [0.2, 0.25) is 0 Å². The molecular weight excluding hydrogens is 260 g/mol. The van der Waals surface area contributed by atoms with Crippen molar-refractivity contribution in [2.24, 2.45) is 5.92 Å². The van der Waals surface area contributed by atoms with Gasteiger partial charge in [-0.25, -0.2) is 4.79 Å². The highest BCUT2D eigenvalue weighted by molar-refractivity contribution is 5.86. The van der Waals surface area contributed by atoms with E-state index in [-0.39, 0.29) is 5.97 Å². The van der Waals surface area contributed by atoms with Crippen LogP contribution in [0.25, 0.3) is 6.08 Å². The van der Waals surface area contributed by atoms with Crippen molar-refractivity contribution in [3.63, 3.8) is 0 Å². The smallest absolute Gasteiger partial charge is 0.330 e. The molecule has 2 heteroatoms. The van der Waals surface area contributed by atoms with Gasteiger partial charge in [-0.3, -0.25) is 0 Å². The minimum absolute atomic E-state index is 0.268. The number of esters is 1. The minimum atomic E-state index is -0.268. The third-order valence-electron chi connectivity index (χ3n) is 3.28. The zero-order valence-electron chi connectivity index (χ0n) is 13.3. The highest BCUT2D eigenvalue weighted by Gasteiger charge is 2.03. The number of hydrogen-bond acceptors (Lipinski definition) is 2. The first-order valence-electron chi connectivity index (χ1n) is 7.61. The Morgan fingerprint density at radius 2 is 1.90 bits per heavy atom. The number of benzene rings is 1. The van der Waals surface area contributed by atoms with Gasteiger partial charge in [-0.05, 0) is 50.7 Å². The Hall–Kier alpha value is -1.83. The monoisotopic (exact) mass is 286 g/mol. The quantitative estimate of drug-likeness (QED) is 0.381. The molecule has 2 nitrogen and oxygen atoms in total. The maximum atomic E-state index is 11.6. The second-order valence-electron chi connectivity index (χ2n) is 5.66. The van der Waals surface area contributed by atoms with Gasteiger partial charge in [0.05, 0.1) is 6.61 Å². The normalized spacial score (nSPS) is 12.1. The van der Waals surface area contributed by atoms with Crippen molar-refractivity contribution >= 4 is 12.0 Å². The second-order valence-corrected chi connectivity index (χ2v) is 5.66. The van der Waals surface area contributed by atoms with Crippen molar-refractivity contribution in [2.75, 3.05) is 6.61 Å². The van der Waals surface area contributed by atoms with E-state index in [9.17, 15) is 4.79 Å². The van der Waals surface area contributed by atoms with Gasteiger partial charge in [0.25, 0.3) is 0 Å². The van der Waals surface area contributed by atoms with E-state index >= 15 is 0 Å². The number of ether oxygens (including phenoxy) is 1. The molecule has 114 valence electrons. The third-order valence-corrected chi connectivity index (χ3v) is 3.28. The Balaban J connectivity index is 2.18. The molecule has 0 spiro atoms. The molecular formula is C19H26O2. The van der Waals surface area contributed by atoms with Gasteiger partial charge in [-0.15, -0.1) is 0 Å². The molecule has 0 aliphatic carbocycles. The molecule has 1 aromatic carbocycles. The minimum Gasteiger partial charge on any atom is -0.463 e. The van der Waals surface area contributed by atoms with Crippen molar-refractivity contribution in [1.82, 2.24) is 0 Å². The first-order valence-corrected chi connectivity index (χ1v) is 7.61. The molecule has 0 fully saturated rings. The van der Waals surface area contributed by atoms with Crippen molar-refractivity contribution in [1.29, 1.82) is 0 Å². The van der Waals surface area contributed by atoms with Crippen molar-refractivity contribution in [3.05, 3.63) is 53.6 Å². The van der Waals surface area contributed by atoms with Gasteiger partial charge in [-0.1, -0.05) is 48.9 Å². The molecule has 0 N–H and O–H groups in total. The van der Waals surface area contributed by atoms with Gasteiger partial charge < -0.3 is 4.74 Å². The van der Waals surface area contributed by atoms with Crippen LogP contribution in [0.3, 0.4) is 0 Å². The SMILES string of the molecule is CC(C)=CCC[C@H](C)CCOC(=O)C=Cc1ccccc1. The Labute approximate surface area is 128 Å². The summed E-state index contributed by atoms with van der Waals surface area (Å²) in [4.78, 5) is 11.6. The maximum absolute atomic E-state index is 11.6. The average molecular weight is 286 g/mol. The molecule has 21 heavy (non-hydrogen) atoms. The van der Waals surface area contributed by atoms with E-state index in [1.54, 1.807) is 6.08 Å². The molecule has 1 aromatic rings. The molecule has 0 saturated carbocycles. The first-order chi connectivity index (χ1) is 10.1. The van der Waals surface area contributed by atoms with E-state index in [1.165, 1.54) is 11.6 Å². The van der Waals surface area contributed by atoms with Crippen LogP contribution in [0.2, 0.25) is 0 Å². The van der Waals surface area contributed by atoms with Crippen LogP contribution in [-0.4, -0.2) is 12.6 Å². The van der Waals surface area contributed by atoms with Gasteiger partial charge in [0.1, 0.15) is 0 Å². The lowest BCUT2D eigenvalue weighted by Crippen LogP contribution is -2.06. The molecule has 0 radical (unpaired) electrons. The number of carbonyl (C=O) groups is 1. The van der Waals surface area contributed by atoms with Crippen LogP contribution < -0.4 is 0 Å². The van der Waals surface area contributed by atoms with Gasteiger partial charge in [0, 0.05) is 6.08 Å². The lowest BCUT2D eigenvalue weighted by molar-refractivity contribution is -0.138. The summed E-state index contributed by atoms with van der Waals surface area (Å²) in [6.45, 7) is 6.93. The van der Waals surface area contributed by atoms with Crippen LogP contribution in [0.15, 0.2) is 48.1 Å². The summed E-state index contributed by atoms with van der Waals surface area (Å²) in [7, 11) is 0. The number of allylic oxidation sites excluding steroid dienone is 2. The van der Waals surface area contributed by atoms with Crippen LogP contribution in [0.4, 0.5) is 0 Å². The molecule has 0 aromatic heterocycles. The largest absolute Gasteiger partial charge is 0.463 e. The van der Waals surface area contributed by atoms with E-state index in [0.717, 1.165) is 24.8 Å². The fraction of sp³-hybridized carbons (Fsp3) is 0.421. The van der Waals surface area contributed by atoms with Crippen LogP contribution in [0, 0.1) is 5.92 Å². The Morgan fingerprint density at radius 3 is 2.57 bits per heavy atom. The zero-order chi connectivity index (χ0) is 15.5. The van der Waals surface area contributed by atoms with E-state index in [0.29, 0.717) is 12.5 Å². The fourth-order valence-corrected chi connectivity index (χ4v) is 1.94. The summed E-state index contributed by atoms with van der Waals surface area (Å²) in [5, 5.41) is 0. The highest BCUT2D eigenvalue weighted by atomic mass is 16.5. The van der Waals surface area contributed by atoms with Gasteiger partial charge in [0.15, 0.2) is 0 Å². The summed E-state index contributed by atoms with van der Waals surface area (Å²) in [5.74, 6) is 0.307. The number of hydrogen-bond donors (Lipinski definition) is 0. The topological polar surface area (TPSA) is 26.3 Å². The average Bonchev–Trinajstić information content (AvgIpc) is 2.46. The summed E-state index contributed by atoms with van der Waals surface area (Å²) >= 11 is 0. The lowest BCUT2D eigenvalue weighted by atomic mass is 10.0. The summed E-state index contributed by atoms with van der Waals surface area (Å²) in [6, 6.07) is 9.74. The van der Waals surface area contributed by atoms with Crippen molar-refractivity contribution in [2.45, 2.75) is 40.0 Å². The summed E-state index contributed by atoms with van der Waals surface area (Å²) < 4.78 is 5.22. The predicted molar refractivity (Wildman–Crippen MR) is 88.9 cm³/mol. The molecule has 0 amide bonds. The Kier molecular flexibility index (Phi) is 8.18. The molecule has 0 aliphatic heterocycles. The third kappa shape index (κ3) is 8.85. The molecule has 1 atom stereocenters. The predicted octanol–water partition coefficient (Wildman–Crippen LogP) is 5.02. The standard InChI is InChI=1S/C19H26O2/c1-16(2)8-7-9-17(3)14-15-21-19(20)13-12-18-10-5-4-6-11-18/h4-6,8,10-13,17H,7,9,14-15H2,1-3H3/t17-/m0/s1. The molecule has 1 rings (SSSR count). The van der Waals surface area contributed by atoms with E-state index in [4.69, 9.17) is 4.74 Å². The first kappa shape index (κ1) is 17.2. The Morgan fingerprint density at radius 1 is 1.19 bits per heavy atom. The van der Waals surface area contributed by atoms with E-state index in [1.807, 2.05) is 30.3 Å². The molecule has 0 saturated heterocycles. The second kappa shape index (κ2) is 9.98. The van der Waals surface area contributed by atoms with Crippen molar-refractivity contribution in [3.8, 4) is 0 Å². The highest BCUT2D eigenvalue weighted by Crippen LogP contribution is 2.12. The summed E-state index contributed by atoms with van der Waals surface area (Å²) in [5.41, 5.74) is 2.37. The molecule has 0 aliphatic rings. The zero-order valence-corrected chi connectivity index (χ0v) is 13.3. The van der Waals surface area contributed by atoms with Gasteiger partial charge >= 0.3 is 5.97 Å². The van der Waals surface area contributed by atoms with Gasteiger partial charge in [-0.2, -0.15) is 0 Å². The summed E-state index contributed by atoms with van der Waals surface area (Å²) in [6.07, 6.45) is 8.68. The molecule has 0 bridgehead atoms. The number of carbonyl (C=O) groups excluding carboxylic acids is 1. The van der Waals surface area contributed by atoms with Crippen LogP contribution in [-0.2, 0) is 9.53 Å². The number of rotatable bonds is 8. The van der Waals surface area contributed by atoms with Crippen LogP contribution in [0.1, 0.15) is 45.6 Å². The Bertz CT molecular complexity index is 468. The van der Waals surface area contributed by atoms with E-state index < -0.39 is 0 Å². The van der Waals surface area contributed by atoms with Crippen LogP contribution in [0.5, 0.6) is 0 Å².